The molecule has 1 aromatic carbocycles. The fourth-order valence-electron chi connectivity index (χ4n) is 1.67. The van der Waals surface area contributed by atoms with Crippen molar-refractivity contribution in [1.29, 1.82) is 0 Å². The van der Waals surface area contributed by atoms with Gasteiger partial charge < -0.3 is 10.4 Å². The van der Waals surface area contributed by atoms with Crippen LogP contribution in [-0.2, 0) is 4.79 Å². The molecule has 98 valence electrons. The molecule has 0 bridgehead atoms. The van der Waals surface area contributed by atoms with Crippen molar-refractivity contribution in [3.8, 4) is 0 Å². The van der Waals surface area contributed by atoms with E-state index in [-0.39, 0.29) is 0 Å². The highest BCUT2D eigenvalue weighted by Gasteiger charge is 2.16. The monoisotopic (exact) mass is 276 g/mol. The number of rotatable bonds is 4. The molecule has 0 aliphatic rings. The first-order valence-corrected chi connectivity index (χ1v) is 6.16. The van der Waals surface area contributed by atoms with Crippen molar-refractivity contribution in [2.75, 3.05) is 5.32 Å². The average Bonchev–Trinajstić information content (AvgIpc) is 2.39. The van der Waals surface area contributed by atoms with E-state index in [0.29, 0.717) is 16.4 Å². The van der Waals surface area contributed by atoms with Crippen LogP contribution < -0.4 is 5.32 Å². The number of aliphatic carboxylic acids is 1. The number of nitrogens with one attached hydrogen (secondary N) is 1. The Labute approximate surface area is 116 Å². The van der Waals surface area contributed by atoms with Crippen molar-refractivity contribution in [3.63, 3.8) is 0 Å². The molecule has 0 amide bonds. The fraction of sp³-hybridized carbons (Fsp3) is 0.143. The van der Waals surface area contributed by atoms with E-state index in [1.165, 1.54) is 0 Å². The Balaban J connectivity index is 2.22. The molecule has 2 aromatic rings. The number of halogens is 1. The first-order valence-electron chi connectivity index (χ1n) is 5.78. The maximum absolute atomic E-state index is 10.9. The Morgan fingerprint density at radius 1 is 1.37 bits per heavy atom. The van der Waals surface area contributed by atoms with Crippen LogP contribution in [0.15, 0.2) is 42.6 Å². The second kappa shape index (κ2) is 5.71. The maximum atomic E-state index is 10.9. The Kier molecular flexibility index (Phi) is 4.02. The second-order valence-electron chi connectivity index (χ2n) is 4.14. The number of hydrogen-bond donors (Lipinski definition) is 2. The number of hydrogen-bond acceptors (Lipinski definition) is 3. The van der Waals surface area contributed by atoms with Crippen LogP contribution >= 0.6 is 11.6 Å². The summed E-state index contributed by atoms with van der Waals surface area (Å²) in [5.41, 5.74) is 1.37. The van der Waals surface area contributed by atoms with Gasteiger partial charge in [-0.05, 0) is 36.8 Å². The molecule has 0 saturated heterocycles. The van der Waals surface area contributed by atoms with Gasteiger partial charge in [0.25, 0.3) is 0 Å². The number of aromatic nitrogens is 1. The van der Waals surface area contributed by atoms with E-state index in [1.807, 2.05) is 18.2 Å². The predicted octanol–water partition coefficient (Wildman–Crippen LogP) is 3.67. The minimum Gasteiger partial charge on any atom is -0.481 e. The normalized spacial score (nSPS) is 11.9. The molecule has 2 rings (SSSR count). The van der Waals surface area contributed by atoms with E-state index in [0.717, 1.165) is 5.69 Å². The topological polar surface area (TPSA) is 62.2 Å². The van der Waals surface area contributed by atoms with Crippen molar-refractivity contribution < 1.29 is 9.90 Å². The smallest absolute Gasteiger partial charge is 0.310 e. The van der Waals surface area contributed by atoms with Crippen molar-refractivity contribution in [2.45, 2.75) is 12.8 Å². The summed E-state index contributed by atoms with van der Waals surface area (Å²) in [7, 11) is 0. The Bertz CT molecular complexity index is 587. The molecular weight excluding hydrogens is 264 g/mol. The van der Waals surface area contributed by atoms with Crippen molar-refractivity contribution >= 4 is 29.1 Å². The molecular formula is C14H13ClN2O2. The molecule has 0 aliphatic heterocycles. The first-order chi connectivity index (χ1) is 9.08. The number of carbonyl (C=O) groups is 1. The number of nitrogens with zero attached hydrogens (tertiary/aromatic N) is 1. The molecule has 4 nitrogen and oxygen atoms in total. The second-order valence-corrected chi connectivity index (χ2v) is 4.54. The molecule has 5 heteroatoms. The maximum Gasteiger partial charge on any atom is 0.310 e. The largest absolute Gasteiger partial charge is 0.481 e. The van der Waals surface area contributed by atoms with Crippen LogP contribution in [0, 0.1) is 0 Å². The van der Waals surface area contributed by atoms with Crippen LogP contribution in [0.3, 0.4) is 0 Å². The lowest BCUT2D eigenvalue weighted by Crippen LogP contribution is -2.08. The van der Waals surface area contributed by atoms with Crippen molar-refractivity contribution in [2.24, 2.45) is 0 Å². The molecule has 1 aromatic heterocycles. The van der Waals surface area contributed by atoms with E-state index in [9.17, 15) is 4.79 Å². The van der Waals surface area contributed by atoms with Crippen LogP contribution in [0.5, 0.6) is 0 Å². The molecule has 0 fully saturated rings. The molecule has 0 aliphatic carbocycles. The molecule has 2 N–H and O–H groups in total. The zero-order valence-electron chi connectivity index (χ0n) is 10.3. The summed E-state index contributed by atoms with van der Waals surface area (Å²) in [6.45, 7) is 1.61. The van der Waals surface area contributed by atoms with Crippen LogP contribution in [0.1, 0.15) is 18.4 Å². The van der Waals surface area contributed by atoms with Gasteiger partial charge in [0.15, 0.2) is 0 Å². The van der Waals surface area contributed by atoms with Gasteiger partial charge in [-0.2, -0.15) is 0 Å². The van der Waals surface area contributed by atoms with Crippen LogP contribution in [0.25, 0.3) is 0 Å². The molecule has 1 heterocycles. The highest BCUT2D eigenvalue weighted by Crippen LogP contribution is 2.28. The van der Waals surface area contributed by atoms with E-state index < -0.39 is 11.9 Å². The number of carboxylic acids is 1. The van der Waals surface area contributed by atoms with Gasteiger partial charge in [0.05, 0.1) is 5.92 Å². The van der Waals surface area contributed by atoms with Gasteiger partial charge in [0, 0.05) is 16.9 Å². The van der Waals surface area contributed by atoms with E-state index in [2.05, 4.69) is 10.3 Å². The molecule has 0 unspecified atom stereocenters. The van der Waals surface area contributed by atoms with Gasteiger partial charge in [0.2, 0.25) is 0 Å². The lowest BCUT2D eigenvalue weighted by Gasteiger charge is -2.11. The summed E-state index contributed by atoms with van der Waals surface area (Å²) in [5, 5.41) is 12.5. The number of carboxylic acid groups (broad SMARTS) is 1. The quantitative estimate of drug-likeness (QED) is 0.894. The molecule has 0 spiro atoms. The Morgan fingerprint density at radius 3 is 2.74 bits per heavy atom. The minimum atomic E-state index is -0.896. The molecule has 1 atom stereocenters. The van der Waals surface area contributed by atoms with Crippen molar-refractivity contribution in [1.82, 2.24) is 4.98 Å². The lowest BCUT2D eigenvalue weighted by molar-refractivity contribution is -0.138. The van der Waals surface area contributed by atoms with E-state index >= 15 is 0 Å². The zero-order chi connectivity index (χ0) is 13.8. The summed E-state index contributed by atoms with van der Waals surface area (Å²) in [6, 6.07) is 10.7. The SMILES string of the molecule is C[C@H](C(=O)O)c1ccc(Nc2ccccn2)cc1Cl. The van der Waals surface area contributed by atoms with Gasteiger partial charge in [-0.1, -0.05) is 23.7 Å². The number of anilines is 2. The van der Waals surface area contributed by atoms with Gasteiger partial charge >= 0.3 is 5.97 Å². The average molecular weight is 277 g/mol. The van der Waals surface area contributed by atoms with Gasteiger partial charge in [-0.15, -0.1) is 0 Å². The van der Waals surface area contributed by atoms with Crippen LogP contribution in [0.2, 0.25) is 5.02 Å². The Hall–Kier alpha value is -2.07. The zero-order valence-corrected chi connectivity index (χ0v) is 11.1. The summed E-state index contributed by atoms with van der Waals surface area (Å²) in [6.07, 6.45) is 1.69. The van der Waals surface area contributed by atoms with Gasteiger partial charge in [-0.25, -0.2) is 4.98 Å². The predicted molar refractivity (Wildman–Crippen MR) is 75.0 cm³/mol. The van der Waals surface area contributed by atoms with Crippen LogP contribution in [0.4, 0.5) is 11.5 Å². The fourth-order valence-corrected chi connectivity index (χ4v) is 2.02. The van der Waals surface area contributed by atoms with Gasteiger partial charge in [0.1, 0.15) is 5.82 Å². The third kappa shape index (κ3) is 3.23. The lowest BCUT2D eigenvalue weighted by atomic mass is 10.0. The van der Waals surface area contributed by atoms with Gasteiger partial charge in [-0.3, -0.25) is 4.79 Å². The van der Waals surface area contributed by atoms with E-state index in [4.69, 9.17) is 16.7 Å². The summed E-state index contributed by atoms with van der Waals surface area (Å²) in [5.74, 6) is -0.818. The number of pyridine rings is 1. The molecule has 0 saturated carbocycles. The summed E-state index contributed by atoms with van der Waals surface area (Å²) < 4.78 is 0. The third-order valence-corrected chi connectivity index (χ3v) is 3.10. The Morgan fingerprint density at radius 2 is 2.16 bits per heavy atom. The highest BCUT2D eigenvalue weighted by atomic mass is 35.5. The molecule has 19 heavy (non-hydrogen) atoms. The van der Waals surface area contributed by atoms with Crippen LogP contribution in [-0.4, -0.2) is 16.1 Å². The first kappa shape index (κ1) is 13.4. The molecule has 0 radical (unpaired) electrons. The standard InChI is InChI=1S/C14H13ClN2O2/c1-9(14(18)19)11-6-5-10(8-12(11)15)17-13-4-2-3-7-16-13/h2-9H,1H3,(H,16,17)(H,18,19)/t9-/m0/s1. The highest BCUT2D eigenvalue weighted by molar-refractivity contribution is 6.32. The summed E-state index contributed by atoms with van der Waals surface area (Å²) in [4.78, 5) is 15.1. The third-order valence-electron chi connectivity index (χ3n) is 2.77. The van der Waals surface area contributed by atoms with Crippen molar-refractivity contribution in [3.05, 3.63) is 53.2 Å². The summed E-state index contributed by atoms with van der Waals surface area (Å²) >= 11 is 6.11. The van der Waals surface area contributed by atoms with E-state index in [1.54, 1.807) is 31.3 Å². The minimum absolute atomic E-state index is 0.427. The number of benzene rings is 1.